The van der Waals surface area contributed by atoms with Gasteiger partial charge in [-0.25, -0.2) is 8.42 Å². The maximum atomic E-state index is 11.6. The SMILES string of the molecule is COC(CN)CC(=O)NC1CCS(=O)(=O)CC1. The zero-order chi connectivity index (χ0) is 12.9. The van der Waals surface area contributed by atoms with Crippen LogP contribution in [0.1, 0.15) is 19.3 Å². The fourth-order valence-electron chi connectivity index (χ4n) is 1.79. The minimum absolute atomic E-state index is 0.0405. The fraction of sp³-hybridized carbons (Fsp3) is 0.900. The number of carbonyl (C=O) groups is 1. The molecule has 0 aliphatic carbocycles. The van der Waals surface area contributed by atoms with E-state index in [1.54, 1.807) is 0 Å². The summed E-state index contributed by atoms with van der Waals surface area (Å²) in [7, 11) is -1.37. The first-order valence-electron chi connectivity index (χ1n) is 5.69. The highest BCUT2D eigenvalue weighted by molar-refractivity contribution is 7.91. The highest BCUT2D eigenvalue weighted by atomic mass is 32.2. The van der Waals surface area contributed by atoms with Gasteiger partial charge >= 0.3 is 0 Å². The Balaban J connectivity index is 2.33. The minimum Gasteiger partial charge on any atom is -0.380 e. The van der Waals surface area contributed by atoms with Crippen molar-refractivity contribution in [3.05, 3.63) is 0 Å². The van der Waals surface area contributed by atoms with Crippen LogP contribution < -0.4 is 11.1 Å². The molecule has 1 amide bonds. The number of methoxy groups -OCH3 is 1. The van der Waals surface area contributed by atoms with Gasteiger partial charge in [0.25, 0.3) is 0 Å². The molecule has 7 heteroatoms. The van der Waals surface area contributed by atoms with Crippen molar-refractivity contribution in [2.45, 2.75) is 31.4 Å². The number of hydrogen-bond donors (Lipinski definition) is 2. The summed E-state index contributed by atoms with van der Waals surface area (Å²) < 4.78 is 27.4. The zero-order valence-corrected chi connectivity index (χ0v) is 10.8. The predicted octanol–water partition coefficient (Wildman–Crippen LogP) is -0.956. The molecule has 6 nitrogen and oxygen atoms in total. The lowest BCUT2D eigenvalue weighted by Crippen LogP contribution is -2.42. The number of amides is 1. The molecule has 1 unspecified atom stereocenters. The van der Waals surface area contributed by atoms with Crippen molar-refractivity contribution in [1.82, 2.24) is 5.32 Å². The summed E-state index contributed by atoms with van der Waals surface area (Å²) >= 11 is 0. The van der Waals surface area contributed by atoms with Gasteiger partial charge in [0, 0.05) is 19.7 Å². The first-order chi connectivity index (χ1) is 7.96. The molecule has 1 aliphatic heterocycles. The van der Waals surface area contributed by atoms with Crippen LogP contribution in [0.25, 0.3) is 0 Å². The summed E-state index contributed by atoms with van der Waals surface area (Å²) in [5.74, 6) is 0.178. The fourth-order valence-corrected chi connectivity index (χ4v) is 3.28. The van der Waals surface area contributed by atoms with Crippen molar-refractivity contribution < 1.29 is 17.9 Å². The third-order valence-electron chi connectivity index (χ3n) is 2.93. The lowest BCUT2D eigenvalue weighted by molar-refractivity contribution is -0.124. The molecule has 0 radical (unpaired) electrons. The Morgan fingerprint density at radius 3 is 2.53 bits per heavy atom. The van der Waals surface area contributed by atoms with E-state index in [4.69, 9.17) is 10.5 Å². The van der Waals surface area contributed by atoms with Gasteiger partial charge in [0.15, 0.2) is 0 Å². The summed E-state index contributed by atoms with van der Waals surface area (Å²) in [6.45, 7) is 0.295. The topological polar surface area (TPSA) is 98.5 Å². The molecule has 0 aromatic carbocycles. The Hall–Kier alpha value is -0.660. The lowest BCUT2D eigenvalue weighted by atomic mass is 10.1. The summed E-state index contributed by atoms with van der Waals surface area (Å²) in [5.41, 5.74) is 5.42. The number of ether oxygens (including phenoxy) is 1. The molecule has 3 N–H and O–H groups in total. The van der Waals surface area contributed by atoms with Crippen LogP contribution in [-0.2, 0) is 19.4 Å². The van der Waals surface area contributed by atoms with Gasteiger partial charge in [-0.1, -0.05) is 0 Å². The molecular weight excluding hydrogens is 244 g/mol. The van der Waals surface area contributed by atoms with Crippen molar-refractivity contribution in [2.24, 2.45) is 5.73 Å². The number of nitrogens with one attached hydrogen (secondary N) is 1. The maximum absolute atomic E-state index is 11.6. The monoisotopic (exact) mass is 264 g/mol. The van der Waals surface area contributed by atoms with Crippen molar-refractivity contribution in [2.75, 3.05) is 25.2 Å². The smallest absolute Gasteiger partial charge is 0.222 e. The zero-order valence-electron chi connectivity index (χ0n) is 10.0. The van der Waals surface area contributed by atoms with Crippen LogP contribution in [0.2, 0.25) is 0 Å². The molecule has 1 atom stereocenters. The van der Waals surface area contributed by atoms with E-state index in [9.17, 15) is 13.2 Å². The molecule has 0 spiro atoms. The van der Waals surface area contributed by atoms with Crippen LogP contribution in [0.3, 0.4) is 0 Å². The van der Waals surface area contributed by atoms with E-state index in [0.717, 1.165) is 0 Å². The molecule has 1 heterocycles. The van der Waals surface area contributed by atoms with Gasteiger partial charge in [0.05, 0.1) is 24.0 Å². The Kier molecular flexibility index (Phi) is 5.35. The van der Waals surface area contributed by atoms with Gasteiger partial charge in [-0.2, -0.15) is 0 Å². The second-order valence-electron chi connectivity index (χ2n) is 4.29. The van der Waals surface area contributed by atoms with Crippen LogP contribution in [0.15, 0.2) is 0 Å². The summed E-state index contributed by atoms with van der Waals surface area (Å²) in [4.78, 5) is 11.6. The predicted molar refractivity (Wildman–Crippen MR) is 64.3 cm³/mol. The molecule has 0 aromatic heterocycles. The van der Waals surface area contributed by atoms with E-state index in [0.29, 0.717) is 19.4 Å². The number of nitrogens with two attached hydrogens (primary N) is 1. The van der Waals surface area contributed by atoms with E-state index in [2.05, 4.69) is 5.32 Å². The molecule has 100 valence electrons. The Morgan fingerprint density at radius 1 is 1.47 bits per heavy atom. The quantitative estimate of drug-likeness (QED) is 0.666. The molecule has 1 aliphatic rings. The largest absolute Gasteiger partial charge is 0.380 e. The van der Waals surface area contributed by atoms with E-state index in [1.807, 2.05) is 0 Å². The molecule has 1 rings (SSSR count). The van der Waals surface area contributed by atoms with E-state index in [-0.39, 0.29) is 36.0 Å². The summed E-state index contributed by atoms with van der Waals surface area (Å²) in [6, 6.07) is -0.0405. The molecule has 0 aromatic rings. The number of hydrogen-bond acceptors (Lipinski definition) is 5. The first-order valence-corrected chi connectivity index (χ1v) is 7.51. The maximum Gasteiger partial charge on any atom is 0.222 e. The normalized spacial score (nSPS) is 22.0. The Morgan fingerprint density at radius 2 is 2.06 bits per heavy atom. The van der Waals surface area contributed by atoms with E-state index in [1.165, 1.54) is 7.11 Å². The summed E-state index contributed by atoms with van der Waals surface area (Å²) in [5, 5.41) is 2.82. The minimum atomic E-state index is -2.88. The van der Waals surface area contributed by atoms with Crippen LogP contribution in [0, 0.1) is 0 Å². The number of sulfone groups is 1. The van der Waals surface area contributed by atoms with Crippen molar-refractivity contribution >= 4 is 15.7 Å². The third kappa shape index (κ3) is 5.01. The molecule has 17 heavy (non-hydrogen) atoms. The van der Waals surface area contributed by atoms with Crippen LogP contribution >= 0.6 is 0 Å². The first kappa shape index (κ1) is 14.4. The van der Waals surface area contributed by atoms with Crippen LogP contribution in [0.5, 0.6) is 0 Å². The van der Waals surface area contributed by atoms with Crippen LogP contribution in [0.4, 0.5) is 0 Å². The van der Waals surface area contributed by atoms with Gasteiger partial charge in [-0.05, 0) is 12.8 Å². The average Bonchev–Trinajstić information content (AvgIpc) is 2.29. The van der Waals surface area contributed by atoms with Gasteiger partial charge in [-0.3, -0.25) is 4.79 Å². The molecular formula is C10H20N2O4S. The standard InChI is InChI=1S/C10H20N2O4S/c1-16-9(7-11)6-10(13)12-8-2-4-17(14,15)5-3-8/h8-9H,2-7,11H2,1H3,(H,12,13). The van der Waals surface area contributed by atoms with Gasteiger partial charge in [0.1, 0.15) is 9.84 Å². The molecule has 0 bridgehead atoms. The van der Waals surface area contributed by atoms with Crippen molar-refractivity contribution in [3.8, 4) is 0 Å². The highest BCUT2D eigenvalue weighted by Crippen LogP contribution is 2.12. The van der Waals surface area contributed by atoms with Gasteiger partial charge in [0.2, 0.25) is 5.91 Å². The molecule has 1 fully saturated rings. The average molecular weight is 264 g/mol. The Labute approximate surface area is 102 Å². The lowest BCUT2D eigenvalue weighted by Gasteiger charge is -2.23. The second kappa shape index (κ2) is 6.32. The molecule has 0 saturated carbocycles. The van der Waals surface area contributed by atoms with Crippen molar-refractivity contribution in [1.29, 1.82) is 0 Å². The van der Waals surface area contributed by atoms with Gasteiger partial charge in [-0.15, -0.1) is 0 Å². The third-order valence-corrected chi connectivity index (χ3v) is 4.64. The van der Waals surface area contributed by atoms with E-state index < -0.39 is 9.84 Å². The molecule has 1 saturated heterocycles. The van der Waals surface area contributed by atoms with Crippen LogP contribution in [-0.4, -0.2) is 51.6 Å². The Bertz CT molecular complexity index is 337. The highest BCUT2D eigenvalue weighted by Gasteiger charge is 2.25. The van der Waals surface area contributed by atoms with Gasteiger partial charge < -0.3 is 15.8 Å². The van der Waals surface area contributed by atoms with Crippen molar-refractivity contribution in [3.63, 3.8) is 0 Å². The number of carbonyl (C=O) groups excluding carboxylic acids is 1. The van der Waals surface area contributed by atoms with E-state index >= 15 is 0 Å². The second-order valence-corrected chi connectivity index (χ2v) is 6.59. The number of rotatable bonds is 5. The summed E-state index contributed by atoms with van der Waals surface area (Å²) in [6.07, 6.45) is 0.932.